The van der Waals surface area contributed by atoms with E-state index in [1.807, 2.05) is 0 Å². The van der Waals surface area contributed by atoms with Gasteiger partial charge in [0.1, 0.15) is 12.4 Å². The molecule has 9 heteroatoms. The zero-order chi connectivity index (χ0) is 17.1. The first-order valence-corrected chi connectivity index (χ1v) is 6.86. The van der Waals surface area contributed by atoms with E-state index in [0.29, 0.717) is 0 Å². The molecule has 1 aliphatic rings. The first-order valence-electron chi connectivity index (χ1n) is 6.86. The van der Waals surface area contributed by atoms with Crippen LogP contribution in [0.25, 0.3) is 0 Å². The summed E-state index contributed by atoms with van der Waals surface area (Å²) in [4.78, 5) is 11.6. The molecule has 1 unspecified atom stereocenters. The Kier molecular flexibility index (Phi) is 5.08. The normalized spacial score (nSPS) is 20.3. The number of nitrogens with one attached hydrogen (secondary N) is 2. The molecule has 1 aromatic rings. The lowest BCUT2D eigenvalue weighted by Crippen LogP contribution is -2.41. The van der Waals surface area contributed by atoms with Crippen molar-refractivity contribution in [2.24, 2.45) is 0 Å². The number of rotatable bonds is 5. The van der Waals surface area contributed by atoms with Gasteiger partial charge in [-0.3, -0.25) is 10.1 Å². The van der Waals surface area contributed by atoms with Crippen molar-refractivity contribution in [3.05, 3.63) is 29.8 Å². The molecule has 4 nitrogen and oxygen atoms in total. The highest BCUT2D eigenvalue weighted by Crippen LogP contribution is 2.31. The van der Waals surface area contributed by atoms with E-state index in [0.717, 1.165) is 12.1 Å². The van der Waals surface area contributed by atoms with Crippen LogP contribution >= 0.6 is 0 Å². The third-order valence-electron chi connectivity index (χ3n) is 3.26. The van der Waals surface area contributed by atoms with Crippen LogP contribution in [0, 0.1) is 0 Å². The maximum atomic E-state index is 12.9. The first-order chi connectivity index (χ1) is 10.7. The molecule has 0 radical (unpaired) electrons. The molecule has 0 spiro atoms. The fraction of sp³-hybridized carbons (Fsp3) is 0.500. The number of hydrogen-bond donors (Lipinski definition) is 2. The van der Waals surface area contributed by atoms with Crippen LogP contribution in [0.15, 0.2) is 24.3 Å². The lowest BCUT2D eigenvalue weighted by molar-refractivity contribution is -0.137. The van der Waals surface area contributed by atoms with Gasteiger partial charge in [-0.25, -0.2) is 8.78 Å². The van der Waals surface area contributed by atoms with Crippen molar-refractivity contribution in [2.75, 3.05) is 19.7 Å². The monoisotopic (exact) mass is 338 g/mol. The molecule has 1 aromatic carbocycles. The minimum Gasteiger partial charge on any atom is -0.492 e. The number of amides is 1. The van der Waals surface area contributed by atoms with Crippen LogP contribution in [-0.4, -0.2) is 37.6 Å². The van der Waals surface area contributed by atoms with Gasteiger partial charge in [-0.1, -0.05) is 6.07 Å². The minimum atomic E-state index is -4.47. The quantitative estimate of drug-likeness (QED) is 0.639. The molecule has 2 N–H and O–H groups in total. The molecule has 0 bridgehead atoms. The van der Waals surface area contributed by atoms with Crippen LogP contribution < -0.4 is 15.4 Å². The summed E-state index contributed by atoms with van der Waals surface area (Å²) < 4.78 is 68.5. The molecule has 1 aliphatic heterocycles. The fourth-order valence-corrected chi connectivity index (χ4v) is 2.13. The van der Waals surface area contributed by atoms with E-state index >= 15 is 0 Å². The number of hydrogen-bond acceptors (Lipinski definition) is 3. The molecule has 1 heterocycles. The number of carbonyl (C=O) groups is 1. The third kappa shape index (κ3) is 5.05. The van der Waals surface area contributed by atoms with Gasteiger partial charge in [-0.05, 0) is 18.2 Å². The molecule has 1 amide bonds. The second kappa shape index (κ2) is 6.69. The van der Waals surface area contributed by atoms with Gasteiger partial charge in [0.25, 0.3) is 5.92 Å². The largest absolute Gasteiger partial charge is 0.492 e. The number of ether oxygens (including phenoxy) is 1. The second-order valence-corrected chi connectivity index (χ2v) is 5.16. The van der Waals surface area contributed by atoms with Crippen molar-refractivity contribution >= 4 is 5.91 Å². The van der Waals surface area contributed by atoms with Crippen LogP contribution in [-0.2, 0) is 11.0 Å². The van der Waals surface area contributed by atoms with Gasteiger partial charge >= 0.3 is 6.18 Å². The summed E-state index contributed by atoms with van der Waals surface area (Å²) in [6, 6.07) is 3.36. The van der Waals surface area contributed by atoms with Crippen LogP contribution in [0.4, 0.5) is 22.0 Å². The van der Waals surface area contributed by atoms with E-state index in [2.05, 4.69) is 10.6 Å². The molecule has 0 aromatic heterocycles. The van der Waals surface area contributed by atoms with E-state index < -0.39 is 42.6 Å². The zero-order valence-corrected chi connectivity index (χ0v) is 11.9. The van der Waals surface area contributed by atoms with Crippen molar-refractivity contribution in [3.8, 4) is 5.75 Å². The summed E-state index contributed by atoms with van der Waals surface area (Å²) in [5, 5.41) is 4.80. The summed E-state index contributed by atoms with van der Waals surface area (Å²) >= 11 is 0. The number of benzene rings is 1. The predicted octanol–water partition coefficient (Wildman–Crippen LogP) is 2.20. The molecule has 0 aliphatic carbocycles. The van der Waals surface area contributed by atoms with Gasteiger partial charge < -0.3 is 10.1 Å². The Morgan fingerprint density at radius 2 is 2.13 bits per heavy atom. The molecule has 1 fully saturated rings. The van der Waals surface area contributed by atoms with Gasteiger partial charge in [0.05, 0.1) is 24.7 Å². The van der Waals surface area contributed by atoms with Crippen LogP contribution in [0.5, 0.6) is 5.75 Å². The minimum absolute atomic E-state index is 0.00116. The Balaban J connectivity index is 1.75. The predicted molar refractivity (Wildman–Crippen MR) is 71.3 cm³/mol. The van der Waals surface area contributed by atoms with Crippen molar-refractivity contribution in [1.82, 2.24) is 10.6 Å². The summed E-state index contributed by atoms with van der Waals surface area (Å²) in [7, 11) is 0. The molecule has 2 rings (SSSR count). The van der Waals surface area contributed by atoms with Crippen molar-refractivity contribution in [2.45, 2.75) is 24.6 Å². The Morgan fingerprint density at radius 3 is 2.74 bits per heavy atom. The van der Waals surface area contributed by atoms with Crippen molar-refractivity contribution in [3.63, 3.8) is 0 Å². The van der Waals surface area contributed by atoms with E-state index in [4.69, 9.17) is 4.74 Å². The molecule has 128 valence electrons. The highest BCUT2D eigenvalue weighted by molar-refractivity contribution is 5.82. The molecule has 23 heavy (non-hydrogen) atoms. The lowest BCUT2D eigenvalue weighted by Gasteiger charge is -2.13. The van der Waals surface area contributed by atoms with Gasteiger partial charge in [0.2, 0.25) is 5.91 Å². The highest BCUT2D eigenvalue weighted by atomic mass is 19.4. The van der Waals surface area contributed by atoms with E-state index in [-0.39, 0.29) is 18.9 Å². The molecule has 0 saturated carbocycles. The van der Waals surface area contributed by atoms with Gasteiger partial charge in [0, 0.05) is 6.42 Å². The number of carbonyl (C=O) groups excluding carboxylic acids is 1. The maximum absolute atomic E-state index is 12.9. The first kappa shape index (κ1) is 17.5. The molecule has 1 saturated heterocycles. The molecular formula is C14H15F5N2O2. The average Bonchev–Trinajstić information content (AvgIpc) is 2.83. The Bertz CT molecular complexity index is 562. The smallest absolute Gasteiger partial charge is 0.416 e. The Labute approximate surface area is 129 Å². The van der Waals surface area contributed by atoms with Crippen molar-refractivity contribution in [1.29, 1.82) is 0 Å². The number of alkyl halides is 5. The third-order valence-corrected chi connectivity index (χ3v) is 3.26. The Morgan fingerprint density at radius 1 is 1.39 bits per heavy atom. The SMILES string of the molecule is O=C(NCCOc1cccc(C(F)(F)F)c1)C1CC(F)(F)CN1. The van der Waals surface area contributed by atoms with Crippen molar-refractivity contribution < 1.29 is 31.5 Å². The summed E-state index contributed by atoms with van der Waals surface area (Å²) in [6.45, 7) is -0.624. The van der Waals surface area contributed by atoms with Crippen LogP contribution in [0.3, 0.4) is 0 Å². The number of halogens is 5. The second-order valence-electron chi connectivity index (χ2n) is 5.16. The van der Waals surface area contributed by atoms with E-state index in [1.54, 1.807) is 0 Å². The average molecular weight is 338 g/mol. The summed E-state index contributed by atoms with van der Waals surface area (Å²) in [5.74, 6) is -3.48. The molecule has 1 atom stereocenters. The van der Waals surface area contributed by atoms with Gasteiger partial charge in [-0.15, -0.1) is 0 Å². The summed E-state index contributed by atoms with van der Waals surface area (Å²) in [6.07, 6.45) is -5.04. The van der Waals surface area contributed by atoms with Gasteiger partial charge in [-0.2, -0.15) is 13.2 Å². The van der Waals surface area contributed by atoms with E-state index in [9.17, 15) is 26.7 Å². The zero-order valence-electron chi connectivity index (χ0n) is 11.9. The summed E-state index contributed by atoms with van der Waals surface area (Å²) in [5.41, 5.74) is -0.837. The topological polar surface area (TPSA) is 50.4 Å². The van der Waals surface area contributed by atoms with Gasteiger partial charge in [0.15, 0.2) is 0 Å². The van der Waals surface area contributed by atoms with Crippen LogP contribution in [0.1, 0.15) is 12.0 Å². The fourth-order valence-electron chi connectivity index (χ4n) is 2.13. The maximum Gasteiger partial charge on any atom is 0.416 e. The lowest BCUT2D eigenvalue weighted by atomic mass is 10.2. The highest BCUT2D eigenvalue weighted by Gasteiger charge is 2.42. The standard InChI is InChI=1S/C14H15F5N2O2/c15-13(16)7-11(21-8-13)12(22)20-4-5-23-10-3-1-2-9(6-10)14(17,18)19/h1-3,6,11,21H,4-5,7-8H2,(H,20,22). The van der Waals surface area contributed by atoms with E-state index in [1.165, 1.54) is 12.1 Å². The van der Waals surface area contributed by atoms with Crippen LogP contribution in [0.2, 0.25) is 0 Å². The molecular weight excluding hydrogens is 323 g/mol. The Hall–Kier alpha value is -1.90.